The lowest BCUT2D eigenvalue weighted by molar-refractivity contribution is -0.110. The molecule has 0 radical (unpaired) electrons. The zero-order chi connectivity index (χ0) is 16.7. The molecule has 0 unspecified atom stereocenters. The van der Waals surface area contributed by atoms with E-state index < -0.39 is 0 Å². The fraction of sp³-hybridized carbons (Fsp3) is 0.167. The molecule has 5 heteroatoms. The lowest BCUT2D eigenvalue weighted by Crippen LogP contribution is -2.07. The second-order valence-electron chi connectivity index (χ2n) is 5.73. The first kappa shape index (κ1) is 15.4. The minimum atomic E-state index is -0.309. The number of hydrogen-bond acceptors (Lipinski definition) is 3. The van der Waals surface area contributed by atoms with Crippen molar-refractivity contribution >= 4 is 34.5 Å². The molecule has 0 saturated heterocycles. The van der Waals surface area contributed by atoms with Gasteiger partial charge in [-0.05, 0) is 36.8 Å². The molecule has 1 aliphatic heterocycles. The number of aliphatic hydroxyl groups excluding tert-OH is 1. The molecular formula is C18H17ClN2O2. The maximum absolute atomic E-state index is 12.0. The molecule has 0 atom stereocenters. The first-order chi connectivity index (χ1) is 10.9. The van der Waals surface area contributed by atoms with Crippen molar-refractivity contribution in [1.29, 1.82) is 0 Å². The van der Waals surface area contributed by atoms with Gasteiger partial charge in [-0.1, -0.05) is 23.7 Å². The highest BCUT2D eigenvalue weighted by Gasteiger charge is 2.28. The van der Waals surface area contributed by atoms with Gasteiger partial charge in [0, 0.05) is 30.9 Å². The average Bonchev–Trinajstić information content (AvgIpc) is 2.81. The van der Waals surface area contributed by atoms with Crippen molar-refractivity contribution in [3.8, 4) is 11.1 Å². The summed E-state index contributed by atoms with van der Waals surface area (Å²) in [7, 11) is 3.96. The maximum atomic E-state index is 12.0. The van der Waals surface area contributed by atoms with Gasteiger partial charge in [0.2, 0.25) is 0 Å². The monoisotopic (exact) mass is 328 g/mol. The zero-order valence-corrected chi connectivity index (χ0v) is 13.9. The van der Waals surface area contributed by atoms with E-state index in [1.165, 1.54) is 6.92 Å². The van der Waals surface area contributed by atoms with Crippen LogP contribution in [0.15, 0.2) is 42.2 Å². The molecule has 0 saturated carbocycles. The third-order valence-corrected chi connectivity index (χ3v) is 4.22. The molecule has 1 aliphatic rings. The van der Waals surface area contributed by atoms with Gasteiger partial charge in [-0.2, -0.15) is 0 Å². The van der Waals surface area contributed by atoms with Gasteiger partial charge < -0.3 is 15.3 Å². The average molecular weight is 329 g/mol. The minimum absolute atomic E-state index is 0.00234. The highest BCUT2D eigenvalue weighted by molar-refractivity contribution is 6.36. The van der Waals surface area contributed by atoms with Crippen molar-refractivity contribution in [3.05, 3.63) is 52.7 Å². The van der Waals surface area contributed by atoms with Crippen molar-refractivity contribution < 1.29 is 9.90 Å². The number of nitrogens with one attached hydrogen (secondary N) is 1. The number of fused-ring (bicyclic) bond motifs is 1. The molecule has 1 heterocycles. The number of benzene rings is 2. The Balaban J connectivity index is 2.12. The van der Waals surface area contributed by atoms with Gasteiger partial charge in [0.25, 0.3) is 5.91 Å². The maximum Gasteiger partial charge on any atom is 0.259 e. The summed E-state index contributed by atoms with van der Waals surface area (Å²) < 4.78 is 0. The van der Waals surface area contributed by atoms with Crippen molar-refractivity contribution in [1.82, 2.24) is 0 Å². The summed E-state index contributed by atoms with van der Waals surface area (Å²) in [5.41, 5.74) is 4.46. The largest absolute Gasteiger partial charge is 0.512 e. The number of rotatable bonds is 2. The highest BCUT2D eigenvalue weighted by Crippen LogP contribution is 2.40. The van der Waals surface area contributed by atoms with Crippen molar-refractivity contribution in [3.63, 3.8) is 0 Å². The third kappa shape index (κ3) is 2.66. The van der Waals surface area contributed by atoms with E-state index in [0.29, 0.717) is 21.8 Å². The molecule has 0 fully saturated rings. The normalized spacial score (nSPS) is 15.2. The SMILES string of the molecule is C/C(O)=C1\C(=O)Nc2cc(Cl)c(-c3ccc(N(C)C)cc3)cc21. The van der Waals surface area contributed by atoms with Crippen LogP contribution in [-0.2, 0) is 4.79 Å². The van der Waals surface area contributed by atoms with Gasteiger partial charge in [-0.3, -0.25) is 4.79 Å². The van der Waals surface area contributed by atoms with Gasteiger partial charge in [0.15, 0.2) is 0 Å². The minimum Gasteiger partial charge on any atom is -0.512 e. The lowest BCUT2D eigenvalue weighted by Gasteiger charge is -2.14. The van der Waals surface area contributed by atoms with E-state index in [9.17, 15) is 9.90 Å². The standard InChI is InChI=1S/C18H17ClN2O2/c1-10(22)17-14-8-13(15(19)9-16(14)20-18(17)23)11-4-6-12(7-5-11)21(2)3/h4-9,22H,1-3H3,(H,20,23)/b17-10+. The third-order valence-electron chi connectivity index (χ3n) is 3.91. The fourth-order valence-corrected chi connectivity index (χ4v) is 2.98. The molecular weight excluding hydrogens is 312 g/mol. The van der Waals surface area contributed by atoms with Gasteiger partial charge >= 0.3 is 0 Å². The van der Waals surface area contributed by atoms with E-state index in [1.807, 2.05) is 49.3 Å². The van der Waals surface area contributed by atoms with E-state index in [2.05, 4.69) is 5.32 Å². The Kier molecular flexibility index (Phi) is 3.78. The number of aliphatic hydroxyl groups is 1. The summed E-state index contributed by atoms with van der Waals surface area (Å²) in [6, 6.07) is 11.6. The topological polar surface area (TPSA) is 52.6 Å². The van der Waals surface area contributed by atoms with Gasteiger partial charge in [0.1, 0.15) is 5.76 Å². The number of nitrogens with zero attached hydrogens (tertiary/aromatic N) is 1. The van der Waals surface area contributed by atoms with Gasteiger partial charge in [-0.25, -0.2) is 0 Å². The molecule has 23 heavy (non-hydrogen) atoms. The molecule has 0 spiro atoms. The van der Waals surface area contributed by atoms with Gasteiger partial charge in [0.05, 0.1) is 16.3 Å². The Morgan fingerprint density at radius 2 is 1.78 bits per heavy atom. The first-order valence-corrected chi connectivity index (χ1v) is 7.59. The number of allylic oxidation sites excluding steroid dienone is 1. The second-order valence-corrected chi connectivity index (χ2v) is 6.14. The van der Waals surface area contributed by atoms with Crippen LogP contribution < -0.4 is 10.2 Å². The summed E-state index contributed by atoms with van der Waals surface area (Å²) in [4.78, 5) is 14.0. The Morgan fingerprint density at radius 1 is 1.13 bits per heavy atom. The zero-order valence-electron chi connectivity index (χ0n) is 13.1. The first-order valence-electron chi connectivity index (χ1n) is 7.21. The molecule has 3 rings (SSSR count). The van der Waals surface area contributed by atoms with Crippen molar-refractivity contribution in [2.75, 3.05) is 24.3 Å². The summed E-state index contributed by atoms with van der Waals surface area (Å²) in [6.07, 6.45) is 0. The summed E-state index contributed by atoms with van der Waals surface area (Å²) >= 11 is 6.38. The summed E-state index contributed by atoms with van der Waals surface area (Å²) in [5.74, 6) is -0.311. The predicted molar refractivity (Wildman–Crippen MR) is 95.1 cm³/mol. The molecule has 118 valence electrons. The van der Waals surface area contributed by atoms with Crippen LogP contribution in [0.5, 0.6) is 0 Å². The smallest absolute Gasteiger partial charge is 0.259 e. The van der Waals surface area contributed by atoms with E-state index in [0.717, 1.165) is 16.8 Å². The van der Waals surface area contributed by atoms with Crippen molar-refractivity contribution in [2.45, 2.75) is 6.92 Å². The van der Waals surface area contributed by atoms with Crippen LogP contribution in [0.3, 0.4) is 0 Å². The molecule has 1 amide bonds. The molecule has 4 nitrogen and oxygen atoms in total. The number of anilines is 2. The van der Waals surface area contributed by atoms with Crippen LogP contribution in [0.2, 0.25) is 5.02 Å². The second kappa shape index (κ2) is 5.63. The molecule has 2 aromatic rings. The summed E-state index contributed by atoms with van der Waals surface area (Å²) in [5, 5.41) is 13.1. The van der Waals surface area contributed by atoms with E-state index >= 15 is 0 Å². The number of amides is 1. The van der Waals surface area contributed by atoms with Crippen LogP contribution in [0, 0.1) is 0 Å². The van der Waals surface area contributed by atoms with E-state index in [-0.39, 0.29) is 11.7 Å². The Labute approximate surface area is 140 Å². The fourth-order valence-electron chi connectivity index (χ4n) is 2.71. The Hall–Kier alpha value is -2.46. The van der Waals surface area contributed by atoms with Crippen molar-refractivity contribution in [2.24, 2.45) is 0 Å². The molecule has 0 aliphatic carbocycles. The molecule has 0 bridgehead atoms. The number of carbonyl (C=O) groups excluding carboxylic acids is 1. The Morgan fingerprint density at radius 3 is 2.35 bits per heavy atom. The van der Waals surface area contributed by atoms with Crippen LogP contribution in [-0.4, -0.2) is 25.1 Å². The quantitative estimate of drug-likeness (QED) is 0.638. The number of hydrogen-bond donors (Lipinski definition) is 2. The van der Waals surface area contributed by atoms with Crippen LogP contribution in [0.4, 0.5) is 11.4 Å². The van der Waals surface area contributed by atoms with Gasteiger partial charge in [-0.15, -0.1) is 0 Å². The number of carbonyl (C=O) groups is 1. The highest BCUT2D eigenvalue weighted by atomic mass is 35.5. The lowest BCUT2D eigenvalue weighted by atomic mass is 9.98. The van der Waals surface area contributed by atoms with E-state index in [4.69, 9.17) is 11.6 Å². The van der Waals surface area contributed by atoms with Crippen LogP contribution in [0.25, 0.3) is 16.7 Å². The summed E-state index contributed by atoms with van der Waals surface area (Å²) in [6.45, 7) is 1.50. The Bertz CT molecular complexity index is 820. The molecule has 2 aromatic carbocycles. The van der Waals surface area contributed by atoms with Crippen LogP contribution in [0.1, 0.15) is 12.5 Å². The number of halogens is 1. The van der Waals surface area contributed by atoms with Crippen LogP contribution >= 0.6 is 11.6 Å². The van der Waals surface area contributed by atoms with E-state index in [1.54, 1.807) is 6.07 Å². The molecule has 2 N–H and O–H groups in total. The predicted octanol–water partition coefficient (Wildman–Crippen LogP) is 4.31. The molecule has 0 aromatic heterocycles.